The summed E-state index contributed by atoms with van der Waals surface area (Å²) in [5.74, 6) is 0.718. The first-order valence-corrected chi connectivity index (χ1v) is 9.80. The van der Waals surface area contributed by atoms with E-state index in [1.54, 1.807) is 13.3 Å². The third-order valence-electron chi connectivity index (χ3n) is 4.05. The van der Waals surface area contributed by atoms with Crippen LogP contribution in [0.3, 0.4) is 0 Å². The van der Waals surface area contributed by atoms with Crippen LogP contribution in [0.4, 0.5) is 11.4 Å². The van der Waals surface area contributed by atoms with Crippen molar-refractivity contribution in [2.75, 3.05) is 19.0 Å². The van der Waals surface area contributed by atoms with E-state index in [1.165, 1.54) is 5.56 Å². The van der Waals surface area contributed by atoms with E-state index in [-0.39, 0.29) is 12.5 Å². The van der Waals surface area contributed by atoms with Gasteiger partial charge in [0.2, 0.25) is 0 Å². The number of halogens is 1. The molecule has 3 rings (SSSR count). The second-order valence-corrected chi connectivity index (χ2v) is 7.19. The van der Waals surface area contributed by atoms with Crippen LogP contribution in [0, 0.1) is 6.92 Å². The van der Waals surface area contributed by atoms with E-state index in [9.17, 15) is 4.79 Å². The minimum absolute atomic E-state index is 0.138. The van der Waals surface area contributed by atoms with Crippen LogP contribution in [0.25, 0.3) is 0 Å². The number of carbonyl (C=O) groups excluding carboxylic acids is 1. The number of anilines is 1. The Labute approximate surface area is 178 Å². The smallest absolute Gasteiger partial charge is 0.262 e. The second-order valence-electron chi connectivity index (χ2n) is 6.33. The number of rotatable bonds is 7. The van der Waals surface area contributed by atoms with Gasteiger partial charge in [-0.3, -0.25) is 9.79 Å². The summed E-state index contributed by atoms with van der Waals surface area (Å²) in [7, 11) is 1.56. The van der Waals surface area contributed by atoms with Gasteiger partial charge in [0.15, 0.2) is 18.1 Å². The molecule has 0 saturated carbocycles. The number of nitrogens with one attached hydrogen (secondary N) is 1. The highest BCUT2D eigenvalue weighted by Crippen LogP contribution is 2.36. The van der Waals surface area contributed by atoms with E-state index in [4.69, 9.17) is 9.47 Å². The van der Waals surface area contributed by atoms with Gasteiger partial charge in [0.25, 0.3) is 5.91 Å². The van der Waals surface area contributed by atoms with Gasteiger partial charge in [-0.25, -0.2) is 0 Å². The minimum Gasteiger partial charge on any atom is -0.493 e. The van der Waals surface area contributed by atoms with Gasteiger partial charge in [-0.1, -0.05) is 35.9 Å². The van der Waals surface area contributed by atoms with Gasteiger partial charge >= 0.3 is 0 Å². The summed E-state index contributed by atoms with van der Waals surface area (Å²) in [5.41, 5.74) is 3.61. The SMILES string of the molecule is COc1cc(C=Nc2ccc(C)cc2)cc(Br)c1OCC(=O)Nc1ccccc1. The lowest BCUT2D eigenvalue weighted by molar-refractivity contribution is -0.118. The van der Waals surface area contributed by atoms with Crippen LogP contribution >= 0.6 is 15.9 Å². The molecule has 0 unspecified atom stereocenters. The quantitative estimate of drug-likeness (QED) is 0.479. The number of hydrogen-bond donors (Lipinski definition) is 1. The maximum atomic E-state index is 12.1. The molecule has 5 nitrogen and oxygen atoms in total. The molecule has 1 amide bonds. The van der Waals surface area contributed by atoms with Crippen molar-refractivity contribution < 1.29 is 14.3 Å². The van der Waals surface area contributed by atoms with E-state index in [0.717, 1.165) is 16.9 Å². The van der Waals surface area contributed by atoms with Gasteiger partial charge in [0, 0.05) is 11.9 Å². The fourth-order valence-electron chi connectivity index (χ4n) is 2.59. The van der Waals surface area contributed by atoms with Gasteiger partial charge < -0.3 is 14.8 Å². The molecule has 0 aliphatic carbocycles. The van der Waals surface area contributed by atoms with E-state index in [1.807, 2.05) is 73.7 Å². The predicted octanol–water partition coefficient (Wildman–Crippen LogP) is 5.53. The summed E-state index contributed by atoms with van der Waals surface area (Å²) in [6.45, 7) is 1.90. The molecular formula is C23H21BrN2O3. The third kappa shape index (κ3) is 5.93. The highest BCUT2D eigenvalue weighted by molar-refractivity contribution is 9.10. The summed E-state index contributed by atoms with van der Waals surface area (Å²) >= 11 is 3.49. The molecule has 0 aliphatic heterocycles. The van der Waals surface area contributed by atoms with Crippen LogP contribution in [0.2, 0.25) is 0 Å². The zero-order chi connectivity index (χ0) is 20.6. The summed E-state index contributed by atoms with van der Waals surface area (Å²) in [5, 5.41) is 2.78. The Hall–Kier alpha value is -3.12. The fraction of sp³-hybridized carbons (Fsp3) is 0.130. The van der Waals surface area contributed by atoms with Gasteiger partial charge in [-0.15, -0.1) is 0 Å². The molecule has 0 bridgehead atoms. The summed E-state index contributed by atoms with van der Waals surface area (Å²) < 4.78 is 11.8. The second kappa shape index (κ2) is 9.89. The zero-order valence-electron chi connectivity index (χ0n) is 16.2. The van der Waals surface area contributed by atoms with Crippen LogP contribution in [0.5, 0.6) is 11.5 Å². The Kier molecular flexibility index (Phi) is 7.03. The van der Waals surface area contributed by atoms with Gasteiger partial charge in [0.05, 0.1) is 17.3 Å². The molecule has 3 aromatic rings. The number of para-hydroxylation sites is 1. The number of aliphatic imine (C=N–C) groups is 1. The number of aryl methyl sites for hydroxylation is 1. The van der Waals surface area contributed by atoms with Crippen LogP contribution in [0.1, 0.15) is 11.1 Å². The van der Waals surface area contributed by atoms with Crippen molar-refractivity contribution in [1.82, 2.24) is 0 Å². The largest absolute Gasteiger partial charge is 0.493 e. The third-order valence-corrected chi connectivity index (χ3v) is 4.64. The Morgan fingerprint density at radius 1 is 1.10 bits per heavy atom. The van der Waals surface area contributed by atoms with E-state index in [0.29, 0.717) is 16.0 Å². The summed E-state index contributed by atoms with van der Waals surface area (Å²) in [4.78, 5) is 16.6. The van der Waals surface area contributed by atoms with Crippen molar-refractivity contribution in [1.29, 1.82) is 0 Å². The lowest BCUT2D eigenvalue weighted by Crippen LogP contribution is -2.20. The lowest BCUT2D eigenvalue weighted by atomic mass is 10.2. The van der Waals surface area contributed by atoms with Crippen LogP contribution in [-0.2, 0) is 4.79 Å². The Morgan fingerprint density at radius 2 is 1.83 bits per heavy atom. The number of carbonyl (C=O) groups is 1. The van der Waals surface area contributed by atoms with E-state index < -0.39 is 0 Å². The number of nitrogens with zero attached hydrogens (tertiary/aromatic N) is 1. The van der Waals surface area contributed by atoms with Crippen LogP contribution in [-0.4, -0.2) is 25.8 Å². The molecule has 0 radical (unpaired) electrons. The van der Waals surface area contributed by atoms with Crippen LogP contribution in [0.15, 0.2) is 76.2 Å². The van der Waals surface area contributed by atoms with Crippen molar-refractivity contribution in [3.63, 3.8) is 0 Å². The van der Waals surface area contributed by atoms with E-state index >= 15 is 0 Å². The number of benzene rings is 3. The van der Waals surface area contributed by atoms with Crippen molar-refractivity contribution in [3.8, 4) is 11.5 Å². The first kappa shape index (κ1) is 20.6. The molecule has 0 aromatic heterocycles. The average Bonchev–Trinajstić information content (AvgIpc) is 2.73. The molecule has 0 heterocycles. The number of methoxy groups -OCH3 is 1. The van der Waals surface area contributed by atoms with Gasteiger partial charge in [-0.2, -0.15) is 0 Å². The first-order chi connectivity index (χ1) is 14.0. The highest BCUT2D eigenvalue weighted by atomic mass is 79.9. The maximum Gasteiger partial charge on any atom is 0.262 e. The van der Waals surface area contributed by atoms with Gasteiger partial charge in [0.1, 0.15) is 0 Å². The number of amides is 1. The lowest BCUT2D eigenvalue weighted by Gasteiger charge is -2.13. The van der Waals surface area contributed by atoms with Crippen molar-refractivity contribution in [2.45, 2.75) is 6.92 Å². The number of hydrogen-bond acceptors (Lipinski definition) is 4. The molecule has 0 atom stereocenters. The van der Waals surface area contributed by atoms with Gasteiger partial charge in [-0.05, 0) is 64.8 Å². The van der Waals surface area contributed by atoms with Crippen molar-refractivity contribution >= 4 is 39.4 Å². The Bertz CT molecular complexity index is 1000. The molecule has 0 spiro atoms. The monoisotopic (exact) mass is 452 g/mol. The molecule has 0 aliphatic rings. The average molecular weight is 453 g/mol. The van der Waals surface area contributed by atoms with Crippen molar-refractivity contribution in [2.24, 2.45) is 4.99 Å². The molecule has 0 saturated heterocycles. The molecular weight excluding hydrogens is 432 g/mol. The molecule has 1 N–H and O–H groups in total. The maximum absolute atomic E-state index is 12.1. The zero-order valence-corrected chi connectivity index (χ0v) is 17.8. The number of ether oxygens (including phenoxy) is 2. The molecule has 148 valence electrons. The summed E-state index contributed by atoms with van der Waals surface area (Å²) in [6.07, 6.45) is 1.75. The summed E-state index contributed by atoms with van der Waals surface area (Å²) in [6, 6.07) is 20.9. The van der Waals surface area contributed by atoms with Crippen LogP contribution < -0.4 is 14.8 Å². The minimum atomic E-state index is -0.254. The fourth-order valence-corrected chi connectivity index (χ4v) is 3.16. The Balaban J connectivity index is 1.69. The highest BCUT2D eigenvalue weighted by Gasteiger charge is 2.13. The van der Waals surface area contributed by atoms with E-state index in [2.05, 4.69) is 26.2 Å². The standard InChI is InChI=1S/C23H21BrN2O3/c1-16-8-10-18(11-9-16)25-14-17-12-20(24)23(21(13-17)28-2)29-15-22(27)26-19-6-4-3-5-7-19/h3-14H,15H2,1-2H3,(H,26,27). The normalized spacial score (nSPS) is 10.7. The molecule has 3 aromatic carbocycles. The van der Waals surface area contributed by atoms with Crippen molar-refractivity contribution in [3.05, 3.63) is 82.3 Å². The Morgan fingerprint density at radius 3 is 2.52 bits per heavy atom. The first-order valence-electron chi connectivity index (χ1n) is 9.01. The molecule has 6 heteroatoms. The topological polar surface area (TPSA) is 59.9 Å². The molecule has 29 heavy (non-hydrogen) atoms. The molecule has 0 fully saturated rings. The predicted molar refractivity (Wildman–Crippen MR) is 120 cm³/mol.